The topological polar surface area (TPSA) is 15.3 Å². The highest BCUT2D eigenvalue weighted by Crippen LogP contribution is 2.32. The fourth-order valence-electron chi connectivity index (χ4n) is 2.80. The summed E-state index contributed by atoms with van der Waals surface area (Å²) >= 11 is 6.46. The van der Waals surface area contributed by atoms with Gasteiger partial charge in [-0.2, -0.15) is 0 Å². The van der Waals surface area contributed by atoms with Gasteiger partial charge in [-0.25, -0.2) is 0 Å². The molecule has 1 unspecified atom stereocenters. The summed E-state index contributed by atoms with van der Waals surface area (Å²) in [6.45, 7) is 8.64. The van der Waals surface area contributed by atoms with Crippen molar-refractivity contribution in [2.24, 2.45) is 5.92 Å². The first kappa shape index (κ1) is 14.7. The lowest BCUT2D eigenvalue weighted by molar-refractivity contribution is 0.521. The van der Waals surface area contributed by atoms with Crippen molar-refractivity contribution < 1.29 is 0 Å². The van der Waals surface area contributed by atoms with Crippen molar-refractivity contribution in [3.05, 3.63) is 28.8 Å². The summed E-state index contributed by atoms with van der Waals surface area (Å²) in [6.07, 6.45) is 3.88. The Hall–Kier alpha value is -0.730. The van der Waals surface area contributed by atoms with E-state index in [1.165, 1.54) is 30.5 Å². The Kier molecular flexibility index (Phi) is 5.53. The zero-order valence-electron chi connectivity index (χ0n) is 12.1. The van der Waals surface area contributed by atoms with Crippen molar-refractivity contribution in [3.8, 4) is 0 Å². The lowest BCUT2D eigenvalue weighted by Gasteiger charge is -2.27. The molecule has 1 saturated heterocycles. The van der Waals surface area contributed by atoms with E-state index in [2.05, 4.69) is 36.2 Å². The number of nitrogens with one attached hydrogen (secondary N) is 1. The summed E-state index contributed by atoms with van der Waals surface area (Å²) in [5, 5.41) is 4.30. The standard InChI is InChI=1S/C16H25ClN2/c1-3-18-12-14-7-4-8-15(17)16(14)19-10-5-6-13(2)9-11-19/h4,7-8,13,18H,3,5-6,9-12H2,1-2H3. The highest BCUT2D eigenvalue weighted by atomic mass is 35.5. The van der Waals surface area contributed by atoms with Gasteiger partial charge >= 0.3 is 0 Å². The molecule has 2 rings (SSSR count). The first-order valence-electron chi connectivity index (χ1n) is 7.45. The summed E-state index contributed by atoms with van der Waals surface area (Å²) in [6, 6.07) is 6.26. The van der Waals surface area contributed by atoms with Crippen LogP contribution < -0.4 is 10.2 Å². The molecule has 0 bridgehead atoms. The van der Waals surface area contributed by atoms with Crippen molar-refractivity contribution in [1.29, 1.82) is 0 Å². The molecule has 19 heavy (non-hydrogen) atoms. The van der Waals surface area contributed by atoms with Gasteiger partial charge in [-0.15, -0.1) is 0 Å². The molecule has 1 fully saturated rings. The van der Waals surface area contributed by atoms with Crippen LogP contribution in [0.2, 0.25) is 5.02 Å². The van der Waals surface area contributed by atoms with Gasteiger partial charge in [0.1, 0.15) is 0 Å². The van der Waals surface area contributed by atoms with Crippen LogP contribution in [-0.4, -0.2) is 19.6 Å². The fraction of sp³-hybridized carbons (Fsp3) is 0.625. The number of nitrogens with zero attached hydrogens (tertiary/aromatic N) is 1. The van der Waals surface area contributed by atoms with Crippen LogP contribution in [0.1, 0.15) is 38.7 Å². The molecule has 0 aliphatic carbocycles. The summed E-state index contributed by atoms with van der Waals surface area (Å²) < 4.78 is 0. The fourth-order valence-corrected chi connectivity index (χ4v) is 3.12. The average molecular weight is 281 g/mol. The quantitative estimate of drug-likeness (QED) is 0.894. The number of hydrogen-bond acceptors (Lipinski definition) is 2. The molecule has 1 aliphatic rings. The van der Waals surface area contributed by atoms with Gasteiger partial charge in [0.15, 0.2) is 0 Å². The molecule has 106 valence electrons. The second-order valence-corrected chi connectivity index (χ2v) is 5.96. The third-order valence-electron chi connectivity index (χ3n) is 3.97. The molecular formula is C16H25ClN2. The Morgan fingerprint density at radius 1 is 1.32 bits per heavy atom. The Balaban J connectivity index is 2.21. The van der Waals surface area contributed by atoms with Crippen molar-refractivity contribution >= 4 is 17.3 Å². The molecule has 1 N–H and O–H groups in total. The first-order valence-corrected chi connectivity index (χ1v) is 7.83. The SMILES string of the molecule is CCNCc1cccc(Cl)c1N1CCCC(C)CC1. The van der Waals surface area contributed by atoms with E-state index in [9.17, 15) is 0 Å². The molecule has 1 aromatic rings. The molecule has 0 radical (unpaired) electrons. The first-order chi connectivity index (χ1) is 9.22. The van der Waals surface area contributed by atoms with Crippen LogP contribution in [-0.2, 0) is 6.54 Å². The maximum atomic E-state index is 6.46. The van der Waals surface area contributed by atoms with Crippen molar-refractivity contribution in [2.75, 3.05) is 24.5 Å². The Morgan fingerprint density at radius 3 is 2.95 bits per heavy atom. The summed E-state index contributed by atoms with van der Waals surface area (Å²) in [5.41, 5.74) is 2.57. The normalized spacial score (nSPS) is 20.4. The van der Waals surface area contributed by atoms with E-state index >= 15 is 0 Å². The lowest BCUT2D eigenvalue weighted by atomic mass is 10.0. The molecule has 0 amide bonds. The molecule has 1 heterocycles. The van der Waals surface area contributed by atoms with Crippen LogP contribution in [0.5, 0.6) is 0 Å². The summed E-state index contributed by atoms with van der Waals surface area (Å²) in [7, 11) is 0. The number of halogens is 1. The third kappa shape index (κ3) is 3.87. The Morgan fingerprint density at radius 2 is 2.16 bits per heavy atom. The van der Waals surface area contributed by atoms with Gasteiger partial charge in [0.05, 0.1) is 10.7 Å². The third-order valence-corrected chi connectivity index (χ3v) is 4.27. The highest BCUT2D eigenvalue weighted by Gasteiger charge is 2.18. The van der Waals surface area contributed by atoms with Gasteiger partial charge in [-0.05, 0) is 43.4 Å². The predicted molar refractivity (Wildman–Crippen MR) is 84.1 cm³/mol. The van der Waals surface area contributed by atoms with E-state index in [-0.39, 0.29) is 0 Å². The minimum atomic E-state index is 0.838. The zero-order chi connectivity index (χ0) is 13.7. The molecular weight excluding hydrogens is 256 g/mol. The highest BCUT2D eigenvalue weighted by molar-refractivity contribution is 6.33. The van der Waals surface area contributed by atoms with Crippen LogP contribution in [0.4, 0.5) is 5.69 Å². The van der Waals surface area contributed by atoms with E-state index < -0.39 is 0 Å². The predicted octanol–water partition coefficient (Wildman–Crippen LogP) is 4.08. The molecule has 2 nitrogen and oxygen atoms in total. The van der Waals surface area contributed by atoms with Gasteiger partial charge in [0.2, 0.25) is 0 Å². The Bertz CT molecular complexity index is 406. The van der Waals surface area contributed by atoms with E-state index in [1.807, 2.05) is 6.07 Å². The van der Waals surface area contributed by atoms with Crippen LogP contribution in [0.15, 0.2) is 18.2 Å². The monoisotopic (exact) mass is 280 g/mol. The molecule has 0 saturated carbocycles. The van der Waals surface area contributed by atoms with Gasteiger partial charge in [-0.3, -0.25) is 0 Å². The smallest absolute Gasteiger partial charge is 0.0642 e. The van der Waals surface area contributed by atoms with Gasteiger partial charge in [0, 0.05) is 19.6 Å². The van der Waals surface area contributed by atoms with E-state index in [1.54, 1.807) is 0 Å². The molecule has 1 aliphatic heterocycles. The Labute approximate surface area is 122 Å². The summed E-state index contributed by atoms with van der Waals surface area (Å²) in [4.78, 5) is 2.48. The second-order valence-electron chi connectivity index (χ2n) is 5.55. The van der Waals surface area contributed by atoms with E-state index in [4.69, 9.17) is 11.6 Å². The summed E-state index contributed by atoms with van der Waals surface area (Å²) in [5.74, 6) is 0.838. The van der Waals surface area contributed by atoms with Crippen molar-refractivity contribution in [2.45, 2.75) is 39.7 Å². The number of hydrogen-bond donors (Lipinski definition) is 1. The minimum absolute atomic E-state index is 0.838. The second kappa shape index (κ2) is 7.16. The van der Waals surface area contributed by atoms with Crippen LogP contribution in [0.25, 0.3) is 0 Å². The molecule has 0 spiro atoms. The maximum absolute atomic E-state index is 6.46. The molecule has 3 heteroatoms. The van der Waals surface area contributed by atoms with E-state index in [0.717, 1.165) is 37.1 Å². The minimum Gasteiger partial charge on any atom is -0.370 e. The van der Waals surface area contributed by atoms with Crippen LogP contribution in [0.3, 0.4) is 0 Å². The lowest BCUT2D eigenvalue weighted by Crippen LogP contribution is -2.26. The van der Waals surface area contributed by atoms with Crippen molar-refractivity contribution in [3.63, 3.8) is 0 Å². The van der Waals surface area contributed by atoms with Gasteiger partial charge in [0.25, 0.3) is 0 Å². The maximum Gasteiger partial charge on any atom is 0.0642 e. The number of rotatable bonds is 4. The number of para-hydroxylation sites is 1. The molecule has 1 atom stereocenters. The molecule has 1 aromatic carbocycles. The zero-order valence-corrected chi connectivity index (χ0v) is 12.8. The number of benzene rings is 1. The average Bonchev–Trinajstić information content (AvgIpc) is 2.61. The van der Waals surface area contributed by atoms with Crippen LogP contribution >= 0.6 is 11.6 Å². The van der Waals surface area contributed by atoms with Crippen LogP contribution in [0, 0.1) is 5.92 Å². The van der Waals surface area contributed by atoms with Gasteiger partial charge < -0.3 is 10.2 Å². The largest absolute Gasteiger partial charge is 0.370 e. The molecule has 0 aromatic heterocycles. The van der Waals surface area contributed by atoms with E-state index in [0.29, 0.717) is 0 Å². The van der Waals surface area contributed by atoms with Crippen molar-refractivity contribution in [1.82, 2.24) is 5.32 Å². The number of anilines is 1. The van der Waals surface area contributed by atoms with Gasteiger partial charge in [-0.1, -0.05) is 37.6 Å².